The summed E-state index contributed by atoms with van der Waals surface area (Å²) in [5.41, 5.74) is 6.81. The molecule has 138 valence electrons. The zero-order chi connectivity index (χ0) is 19.3. The van der Waals surface area contributed by atoms with Crippen molar-refractivity contribution in [3.05, 3.63) is 90.0 Å². The van der Waals surface area contributed by atoms with Gasteiger partial charge in [0.25, 0.3) is 5.91 Å². The first-order chi connectivity index (χ1) is 12.9. The number of rotatable bonds is 5. The highest BCUT2D eigenvalue weighted by molar-refractivity contribution is 5.95. The fourth-order valence-corrected chi connectivity index (χ4v) is 2.34. The highest BCUT2D eigenvalue weighted by Crippen LogP contribution is 2.29. The number of anilines is 3. The van der Waals surface area contributed by atoms with Crippen molar-refractivity contribution in [1.82, 2.24) is 5.43 Å². The molecule has 0 radical (unpaired) electrons. The number of hydrogen-bond acceptors (Lipinski definition) is 3. The normalized spacial score (nSPS) is 10.9. The van der Waals surface area contributed by atoms with Crippen molar-refractivity contribution in [1.29, 1.82) is 0 Å². The zero-order valence-corrected chi connectivity index (χ0v) is 14.0. The molecule has 1 amide bonds. The third kappa shape index (κ3) is 5.01. The molecule has 3 rings (SSSR count). The summed E-state index contributed by atoms with van der Waals surface area (Å²) in [5.74, 6) is -0.402. The lowest BCUT2D eigenvalue weighted by molar-refractivity contribution is -0.137. The second kappa shape index (κ2) is 7.82. The largest absolute Gasteiger partial charge is 0.416 e. The monoisotopic (exact) mass is 371 g/mol. The lowest BCUT2D eigenvalue weighted by Gasteiger charge is -2.11. The molecule has 3 aromatic rings. The van der Waals surface area contributed by atoms with Crippen LogP contribution < -0.4 is 16.2 Å². The molecule has 0 bridgehead atoms. The predicted octanol–water partition coefficient (Wildman–Crippen LogP) is 5.21. The van der Waals surface area contributed by atoms with Crippen LogP contribution in [0.2, 0.25) is 0 Å². The maximum atomic E-state index is 12.5. The van der Waals surface area contributed by atoms with E-state index in [-0.39, 0.29) is 0 Å². The molecule has 0 aromatic heterocycles. The minimum atomic E-state index is -4.39. The molecular formula is C20H16F3N3O. The van der Waals surface area contributed by atoms with Gasteiger partial charge in [-0.1, -0.05) is 18.2 Å². The first kappa shape index (κ1) is 18.3. The average molecular weight is 371 g/mol. The summed E-state index contributed by atoms with van der Waals surface area (Å²) in [6, 6.07) is 20.8. The molecule has 0 aliphatic rings. The number of halogens is 3. The van der Waals surface area contributed by atoms with Crippen molar-refractivity contribution in [3.63, 3.8) is 0 Å². The molecule has 0 aliphatic carbocycles. The Morgan fingerprint density at radius 3 is 1.85 bits per heavy atom. The minimum absolute atomic E-state index is 0.346. The van der Waals surface area contributed by atoms with Gasteiger partial charge in [-0.2, -0.15) is 13.2 Å². The van der Waals surface area contributed by atoms with E-state index >= 15 is 0 Å². The van der Waals surface area contributed by atoms with Gasteiger partial charge in [0, 0.05) is 16.9 Å². The molecule has 7 heteroatoms. The van der Waals surface area contributed by atoms with E-state index in [4.69, 9.17) is 0 Å². The van der Waals surface area contributed by atoms with E-state index in [2.05, 4.69) is 16.2 Å². The highest BCUT2D eigenvalue weighted by Gasteiger charge is 2.29. The summed E-state index contributed by atoms with van der Waals surface area (Å²) in [4.78, 5) is 12.1. The van der Waals surface area contributed by atoms with Crippen LogP contribution >= 0.6 is 0 Å². The number of carbonyl (C=O) groups is 1. The summed E-state index contributed by atoms with van der Waals surface area (Å²) in [5, 5.41) is 3.21. The van der Waals surface area contributed by atoms with Gasteiger partial charge in [-0.15, -0.1) is 0 Å². The van der Waals surface area contributed by atoms with Crippen LogP contribution in [0.25, 0.3) is 0 Å². The van der Waals surface area contributed by atoms with Crippen LogP contribution in [0.5, 0.6) is 0 Å². The van der Waals surface area contributed by atoms with Gasteiger partial charge in [0.05, 0.1) is 11.3 Å². The van der Waals surface area contributed by atoms with E-state index < -0.39 is 17.6 Å². The number of benzene rings is 3. The number of nitrogens with one attached hydrogen (secondary N) is 3. The Labute approximate surface area is 154 Å². The van der Waals surface area contributed by atoms with Crippen molar-refractivity contribution < 1.29 is 18.0 Å². The molecule has 4 nitrogen and oxygen atoms in total. The Morgan fingerprint density at radius 1 is 0.704 bits per heavy atom. The van der Waals surface area contributed by atoms with Crippen molar-refractivity contribution in [2.45, 2.75) is 6.18 Å². The Bertz CT molecular complexity index is 893. The van der Waals surface area contributed by atoms with Gasteiger partial charge < -0.3 is 5.32 Å². The lowest BCUT2D eigenvalue weighted by Crippen LogP contribution is -2.29. The van der Waals surface area contributed by atoms with E-state index in [1.54, 1.807) is 24.3 Å². The molecule has 3 N–H and O–H groups in total. The maximum absolute atomic E-state index is 12.5. The van der Waals surface area contributed by atoms with Gasteiger partial charge in [-0.3, -0.25) is 15.6 Å². The van der Waals surface area contributed by atoms with Gasteiger partial charge in [0.15, 0.2) is 0 Å². The van der Waals surface area contributed by atoms with Crippen LogP contribution in [0.3, 0.4) is 0 Å². The van der Waals surface area contributed by atoms with Crippen LogP contribution in [0.15, 0.2) is 78.9 Å². The van der Waals surface area contributed by atoms with Crippen LogP contribution in [-0.2, 0) is 6.18 Å². The van der Waals surface area contributed by atoms with E-state index in [0.717, 1.165) is 23.5 Å². The van der Waals surface area contributed by atoms with E-state index in [0.29, 0.717) is 11.3 Å². The first-order valence-corrected chi connectivity index (χ1v) is 8.07. The number of hydrogen-bond donors (Lipinski definition) is 3. The molecule has 0 fully saturated rings. The second-order valence-electron chi connectivity index (χ2n) is 5.72. The third-order valence-electron chi connectivity index (χ3n) is 3.74. The minimum Gasteiger partial charge on any atom is -0.356 e. The van der Waals surface area contributed by atoms with E-state index in [1.807, 2.05) is 30.3 Å². The second-order valence-corrected chi connectivity index (χ2v) is 5.72. The molecule has 0 saturated heterocycles. The number of hydrazine groups is 1. The van der Waals surface area contributed by atoms with Crippen molar-refractivity contribution in [2.75, 3.05) is 10.7 Å². The number of amides is 1. The lowest BCUT2D eigenvalue weighted by atomic mass is 10.2. The van der Waals surface area contributed by atoms with Gasteiger partial charge >= 0.3 is 6.18 Å². The summed E-state index contributed by atoms with van der Waals surface area (Å²) in [6.45, 7) is 0. The molecule has 0 saturated carbocycles. The highest BCUT2D eigenvalue weighted by atomic mass is 19.4. The Balaban J connectivity index is 1.56. The van der Waals surface area contributed by atoms with Crippen molar-refractivity contribution >= 4 is 23.0 Å². The standard InChI is InChI=1S/C20H16F3N3O/c21-20(22,23)15-8-12-18(13-9-15)25-26-19(27)14-6-10-17(11-7-14)24-16-4-2-1-3-5-16/h1-13,24-25H,(H,26,27). The molecule has 0 heterocycles. The van der Waals surface area contributed by atoms with Crippen LogP contribution in [0, 0.1) is 0 Å². The predicted molar refractivity (Wildman–Crippen MR) is 98.7 cm³/mol. The molecule has 3 aromatic carbocycles. The van der Waals surface area contributed by atoms with Gasteiger partial charge in [-0.05, 0) is 60.7 Å². The first-order valence-electron chi connectivity index (χ1n) is 8.07. The number of para-hydroxylation sites is 1. The summed E-state index contributed by atoms with van der Waals surface area (Å²) in [7, 11) is 0. The Morgan fingerprint density at radius 2 is 1.26 bits per heavy atom. The van der Waals surface area contributed by atoms with Gasteiger partial charge in [0.2, 0.25) is 0 Å². The van der Waals surface area contributed by atoms with E-state index in [9.17, 15) is 18.0 Å². The Kier molecular flexibility index (Phi) is 5.30. The SMILES string of the molecule is O=C(NNc1ccc(C(F)(F)F)cc1)c1ccc(Nc2ccccc2)cc1. The third-order valence-corrected chi connectivity index (χ3v) is 3.74. The smallest absolute Gasteiger partial charge is 0.356 e. The van der Waals surface area contributed by atoms with Gasteiger partial charge in [0.1, 0.15) is 0 Å². The van der Waals surface area contributed by atoms with Crippen LogP contribution in [0.1, 0.15) is 15.9 Å². The van der Waals surface area contributed by atoms with E-state index in [1.165, 1.54) is 12.1 Å². The van der Waals surface area contributed by atoms with Crippen molar-refractivity contribution in [3.8, 4) is 0 Å². The summed E-state index contributed by atoms with van der Waals surface area (Å²) >= 11 is 0. The zero-order valence-electron chi connectivity index (χ0n) is 14.0. The fraction of sp³-hybridized carbons (Fsp3) is 0.0500. The van der Waals surface area contributed by atoms with Crippen LogP contribution in [-0.4, -0.2) is 5.91 Å². The van der Waals surface area contributed by atoms with Crippen molar-refractivity contribution in [2.24, 2.45) is 0 Å². The topological polar surface area (TPSA) is 53.2 Å². The van der Waals surface area contributed by atoms with Crippen LogP contribution in [0.4, 0.5) is 30.2 Å². The van der Waals surface area contributed by atoms with Gasteiger partial charge in [-0.25, -0.2) is 0 Å². The quantitative estimate of drug-likeness (QED) is 0.540. The average Bonchev–Trinajstić information content (AvgIpc) is 2.67. The molecule has 0 unspecified atom stereocenters. The number of carbonyl (C=O) groups excluding carboxylic acids is 1. The Hall–Kier alpha value is -3.48. The maximum Gasteiger partial charge on any atom is 0.416 e. The summed E-state index contributed by atoms with van der Waals surface area (Å²) < 4.78 is 37.6. The molecule has 0 spiro atoms. The molecule has 27 heavy (non-hydrogen) atoms. The number of alkyl halides is 3. The molecule has 0 atom stereocenters. The molecular weight excluding hydrogens is 355 g/mol. The summed E-state index contributed by atoms with van der Waals surface area (Å²) in [6.07, 6.45) is -4.39. The molecule has 0 aliphatic heterocycles. The fourth-order valence-electron chi connectivity index (χ4n) is 2.34.